The first-order valence-corrected chi connectivity index (χ1v) is 6.78. The van der Waals surface area contributed by atoms with Crippen LogP contribution in [-0.2, 0) is 6.54 Å². The SMILES string of the molecule is COc1cc(OC)c(CNn2c(C)ccc2C)c(OC)c1. The summed E-state index contributed by atoms with van der Waals surface area (Å²) in [6.07, 6.45) is 0. The molecule has 5 heteroatoms. The molecule has 0 aliphatic carbocycles. The van der Waals surface area contributed by atoms with Crippen LogP contribution in [0.4, 0.5) is 0 Å². The maximum absolute atomic E-state index is 5.45. The van der Waals surface area contributed by atoms with Crippen molar-refractivity contribution in [3.05, 3.63) is 41.2 Å². The van der Waals surface area contributed by atoms with Gasteiger partial charge in [-0.1, -0.05) is 0 Å². The predicted molar refractivity (Wildman–Crippen MR) is 83.1 cm³/mol. The number of nitrogens with zero attached hydrogens (tertiary/aromatic N) is 1. The van der Waals surface area contributed by atoms with Crippen molar-refractivity contribution in [2.45, 2.75) is 20.4 Å². The van der Waals surface area contributed by atoms with Crippen LogP contribution in [0.3, 0.4) is 0 Å². The van der Waals surface area contributed by atoms with Crippen molar-refractivity contribution in [2.75, 3.05) is 26.8 Å². The Hall–Kier alpha value is -2.30. The minimum absolute atomic E-state index is 0.590. The lowest BCUT2D eigenvalue weighted by Crippen LogP contribution is -2.17. The molecule has 1 aromatic carbocycles. The Labute approximate surface area is 125 Å². The van der Waals surface area contributed by atoms with Crippen molar-refractivity contribution in [3.63, 3.8) is 0 Å². The summed E-state index contributed by atoms with van der Waals surface area (Å²) in [6.45, 7) is 4.71. The van der Waals surface area contributed by atoms with Crippen LogP contribution >= 0.6 is 0 Å². The number of nitrogens with one attached hydrogen (secondary N) is 1. The average molecular weight is 290 g/mol. The van der Waals surface area contributed by atoms with Crippen LogP contribution in [0.5, 0.6) is 17.2 Å². The minimum atomic E-state index is 0.590. The van der Waals surface area contributed by atoms with Crippen LogP contribution in [0, 0.1) is 13.8 Å². The molecule has 1 aromatic heterocycles. The van der Waals surface area contributed by atoms with E-state index in [1.165, 1.54) is 0 Å². The van der Waals surface area contributed by atoms with E-state index in [1.807, 2.05) is 16.8 Å². The van der Waals surface area contributed by atoms with Crippen LogP contribution in [0.15, 0.2) is 24.3 Å². The largest absolute Gasteiger partial charge is 0.496 e. The van der Waals surface area contributed by atoms with Crippen molar-refractivity contribution in [2.24, 2.45) is 0 Å². The van der Waals surface area contributed by atoms with Gasteiger partial charge < -0.3 is 19.6 Å². The van der Waals surface area contributed by atoms with Crippen molar-refractivity contribution in [1.29, 1.82) is 0 Å². The van der Waals surface area contributed by atoms with Gasteiger partial charge in [0, 0.05) is 23.5 Å². The van der Waals surface area contributed by atoms with Gasteiger partial charge >= 0.3 is 0 Å². The van der Waals surface area contributed by atoms with Gasteiger partial charge in [0.2, 0.25) is 0 Å². The number of ether oxygens (including phenoxy) is 3. The first-order valence-electron chi connectivity index (χ1n) is 6.78. The zero-order valence-electron chi connectivity index (χ0n) is 13.2. The Morgan fingerprint density at radius 1 is 0.905 bits per heavy atom. The standard InChI is InChI=1S/C16H22N2O3/c1-11-6-7-12(2)18(11)17-10-14-15(20-4)8-13(19-3)9-16(14)21-5/h6-9,17H,10H2,1-5H3. The molecule has 0 bridgehead atoms. The van der Waals surface area contributed by atoms with Crippen LogP contribution < -0.4 is 19.6 Å². The molecule has 0 aliphatic rings. The molecule has 2 aromatic rings. The van der Waals surface area contributed by atoms with Gasteiger partial charge in [-0.25, -0.2) is 0 Å². The molecule has 0 unspecified atom stereocenters. The predicted octanol–water partition coefficient (Wildman–Crippen LogP) is 2.87. The summed E-state index contributed by atoms with van der Waals surface area (Å²) < 4.78 is 18.2. The van der Waals surface area contributed by atoms with Gasteiger partial charge in [0.15, 0.2) is 0 Å². The van der Waals surface area contributed by atoms with Gasteiger partial charge in [-0.3, -0.25) is 4.68 Å². The van der Waals surface area contributed by atoms with Crippen molar-refractivity contribution in [1.82, 2.24) is 4.68 Å². The maximum Gasteiger partial charge on any atom is 0.131 e. The van der Waals surface area contributed by atoms with Gasteiger partial charge in [-0.15, -0.1) is 0 Å². The van der Waals surface area contributed by atoms with E-state index < -0.39 is 0 Å². The van der Waals surface area contributed by atoms with Crippen molar-refractivity contribution < 1.29 is 14.2 Å². The highest BCUT2D eigenvalue weighted by Gasteiger charge is 2.13. The molecule has 0 saturated carbocycles. The summed E-state index contributed by atoms with van der Waals surface area (Å²) in [5.74, 6) is 2.18. The minimum Gasteiger partial charge on any atom is -0.496 e. The Morgan fingerprint density at radius 2 is 1.43 bits per heavy atom. The average Bonchev–Trinajstić information content (AvgIpc) is 2.83. The molecule has 0 spiro atoms. The molecule has 0 amide bonds. The van der Waals surface area contributed by atoms with E-state index in [1.54, 1.807) is 21.3 Å². The van der Waals surface area contributed by atoms with E-state index in [0.717, 1.165) is 28.5 Å². The second-order valence-corrected chi connectivity index (χ2v) is 4.80. The zero-order valence-corrected chi connectivity index (χ0v) is 13.2. The molecular formula is C16H22N2O3. The fourth-order valence-corrected chi connectivity index (χ4v) is 2.33. The first kappa shape index (κ1) is 15.1. The third-order valence-corrected chi connectivity index (χ3v) is 3.50. The van der Waals surface area contributed by atoms with E-state index in [0.29, 0.717) is 12.3 Å². The fraction of sp³-hybridized carbons (Fsp3) is 0.375. The van der Waals surface area contributed by atoms with E-state index in [2.05, 4.69) is 31.4 Å². The summed E-state index contributed by atoms with van der Waals surface area (Å²) in [4.78, 5) is 0. The number of benzene rings is 1. The molecule has 114 valence electrons. The fourth-order valence-electron chi connectivity index (χ4n) is 2.33. The quantitative estimate of drug-likeness (QED) is 0.888. The van der Waals surface area contributed by atoms with Crippen molar-refractivity contribution in [3.8, 4) is 17.2 Å². The molecule has 0 saturated heterocycles. The Bertz CT molecular complexity index is 575. The Kier molecular flexibility index (Phi) is 4.62. The number of hydrogen-bond acceptors (Lipinski definition) is 4. The molecule has 0 aliphatic heterocycles. The number of rotatable bonds is 6. The molecule has 1 N–H and O–H groups in total. The lowest BCUT2D eigenvalue weighted by molar-refractivity contribution is 0.369. The van der Waals surface area contributed by atoms with Gasteiger partial charge in [0.25, 0.3) is 0 Å². The topological polar surface area (TPSA) is 44.7 Å². The third kappa shape index (κ3) is 3.07. The van der Waals surface area contributed by atoms with Gasteiger partial charge in [0.05, 0.1) is 33.4 Å². The lowest BCUT2D eigenvalue weighted by atomic mass is 10.1. The second kappa shape index (κ2) is 6.43. The smallest absolute Gasteiger partial charge is 0.131 e. The van der Waals surface area contributed by atoms with E-state index >= 15 is 0 Å². The van der Waals surface area contributed by atoms with Crippen LogP contribution in [0.2, 0.25) is 0 Å². The first-order chi connectivity index (χ1) is 10.1. The maximum atomic E-state index is 5.45. The van der Waals surface area contributed by atoms with Crippen LogP contribution in [-0.4, -0.2) is 26.0 Å². The highest BCUT2D eigenvalue weighted by atomic mass is 16.5. The highest BCUT2D eigenvalue weighted by Crippen LogP contribution is 2.34. The Morgan fingerprint density at radius 3 is 1.86 bits per heavy atom. The number of hydrogen-bond donors (Lipinski definition) is 1. The monoisotopic (exact) mass is 290 g/mol. The molecule has 2 rings (SSSR count). The number of methoxy groups -OCH3 is 3. The normalized spacial score (nSPS) is 10.3. The van der Waals surface area contributed by atoms with Crippen molar-refractivity contribution >= 4 is 0 Å². The van der Waals surface area contributed by atoms with Crippen LogP contribution in [0.1, 0.15) is 17.0 Å². The molecule has 1 heterocycles. The van der Waals surface area contributed by atoms with E-state index in [-0.39, 0.29) is 0 Å². The van der Waals surface area contributed by atoms with Crippen LogP contribution in [0.25, 0.3) is 0 Å². The van der Waals surface area contributed by atoms with Gasteiger partial charge in [-0.05, 0) is 26.0 Å². The Balaban J connectivity index is 2.30. The highest BCUT2D eigenvalue weighted by molar-refractivity contribution is 5.51. The number of aryl methyl sites for hydroxylation is 2. The summed E-state index contributed by atoms with van der Waals surface area (Å²) in [6, 6.07) is 7.86. The van der Waals surface area contributed by atoms with E-state index in [9.17, 15) is 0 Å². The molecule has 0 fully saturated rings. The zero-order chi connectivity index (χ0) is 15.4. The third-order valence-electron chi connectivity index (χ3n) is 3.50. The second-order valence-electron chi connectivity index (χ2n) is 4.80. The summed E-state index contributed by atoms with van der Waals surface area (Å²) in [5, 5.41) is 0. The molecule has 0 atom stereocenters. The van der Waals surface area contributed by atoms with Gasteiger partial charge in [0.1, 0.15) is 17.2 Å². The van der Waals surface area contributed by atoms with E-state index in [4.69, 9.17) is 14.2 Å². The summed E-state index contributed by atoms with van der Waals surface area (Å²) in [7, 11) is 4.91. The van der Waals surface area contributed by atoms with Gasteiger partial charge in [-0.2, -0.15) is 0 Å². The molecule has 5 nitrogen and oxygen atoms in total. The lowest BCUT2D eigenvalue weighted by Gasteiger charge is -2.18. The molecule has 0 radical (unpaired) electrons. The molecular weight excluding hydrogens is 268 g/mol. The molecule has 21 heavy (non-hydrogen) atoms. The summed E-state index contributed by atoms with van der Waals surface area (Å²) >= 11 is 0. The summed E-state index contributed by atoms with van der Waals surface area (Å²) in [5.41, 5.74) is 6.64. The number of aromatic nitrogens is 1.